The van der Waals surface area contributed by atoms with E-state index in [1.165, 1.54) is 16.7 Å². The first kappa shape index (κ1) is 18.5. The van der Waals surface area contributed by atoms with Crippen LogP contribution in [0.4, 0.5) is 0 Å². The Labute approximate surface area is 166 Å². The number of rotatable bonds is 8. The molecule has 2 N–H and O–H groups in total. The Morgan fingerprint density at radius 1 is 0.821 bits per heavy atom. The molecule has 0 atom stereocenters. The summed E-state index contributed by atoms with van der Waals surface area (Å²) in [6.07, 6.45) is 0. The highest BCUT2D eigenvalue weighted by Gasteiger charge is 2.19. The first-order valence-electron chi connectivity index (χ1n) is 9.74. The molecule has 0 amide bonds. The molecule has 0 aromatic heterocycles. The molecule has 4 rings (SSSR count). The van der Waals surface area contributed by atoms with E-state index in [1.807, 2.05) is 6.07 Å². The van der Waals surface area contributed by atoms with Gasteiger partial charge >= 0.3 is 0 Å². The largest absolute Gasteiger partial charge is 0.454 e. The van der Waals surface area contributed by atoms with E-state index < -0.39 is 0 Å². The molecule has 144 valence electrons. The second-order valence-corrected chi connectivity index (χ2v) is 7.09. The molecule has 0 unspecified atom stereocenters. The fraction of sp³-hybridized carbons (Fsp3) is 0.250. The van der Waals surface area contributed by atoms with Crippen LogP contribution in [0.15, 0.2) is 78.9 Å². The molecule has 1 aliphatic rings. The summed E-state index contributed by atoms with van der Waals surface area (Å²) < 4.78 is 11.0. The Balaban J connectivity index is 1.57. The van der Waals surface area contributed by atoms with Crippen LogP contribution in [0.25, 0.3) is 0 Å². The number of fused-ring (bicyclic) bond motifs is 1. The van der Waals surface area contributed by atoms with Gasteiger partial charge in [0.25, 0.3) is 0 Å². The molecular weight excluding hydrogens is 348 g/mol. The van der Waals surface area contributed by atoms with Crippen molar-refractivity contribution in [1.82, 2.24) is 4.90 Å². The van der Waals surface area contributed by atoms with Gasteiger partial charge in [-0.1, -0.05) is 66.7 Å². The van der Waals surface area contributed by atoms with Crippen molar-refractivity contribution in [2.24, 2.45) is 5.73 Å². The van der Waals surface area contributed by atoms with E-state index in [2.05, 4.69) is 77.7 Å². The zero-order valence-corrected chi connectivity index (χ0v) is 16.0. The molecule has 28 heavy (non-hydrogen) atoms. The standard InChI is InChI=1S/C24H26N2O2/c25-13-14-26(16-19-11-12-23-24(15-19)28-18-27-23)17-22(20-7-3-1-4-8-20)21-9-5-2-6-10-21/h1-12,15,22H,13-14,16-18,25H2. The number of benzene rings is 3. The lowest BCUT2D eigenvalue weighted by Crippen LogP contribution is -2.33. The monoisotopic (exact) mass is 374 g/mol. The topological polar surface area (TPSA) is 47.7 Å². The van der Waals surface area contributed by atoms with Crippen LogP contribution in [0.5, 0.6) is 11.5 Å². The molecule has 4 heteroatoms. The number of nitrogens with zero attached hydrogens (tertiary/aromatic N) is 1. The highest BCUT2D eigenvalue weighted by atomic mass is 16.7. The summed E-state index contributed by atoms with van der Waals surface area (Å²) in [6, 6.07) is 27.6. The van der Waals surface area contributed by atoms with Crippen LogP contribution >= 0.6 is 0 Å². The summed E-state index contributed by atoms with van der Waals surface area (Å²) in [7, 11) is 0. The molecule has 0 saturated carbocycles. The third kappa shape index (κ3) is 4.35. The van der Waals surface area contributed by atoms with E-state index >= 15 is 0 Å². The average Bonchev–Trinajstić information content (AvgIpc) is 3.21. The maximum Gasteiger partial charge on any atom is 0.231 e. The van der Waals surface area contributed by atoms with Gasteiger partial charge in [-0.05, 0) is 28.8 Å². The first-order chi connectivity index (χ1) is 13.8. The fourth-order valence-electron chi connectivity index (χ4n) is 3.75. The van der Waals surface area contributed by atoms with E-state index in [9.17, 15) is 0 Å². The van der Waals surface area contributed by atoms with Crippen LogP contribution in [0.1, 0.15) is 22.6 Å². The van der Waals surface area contributed by atoms with Gasteiger partial charge in [0.1, 0.15) is 0 Å². The lowest BCUT2D eigenvalue weighted by molar-refractivity contribution is 0.174. The Hall–Kier alpha value is -2.82. The maximum absolute atomic E-state index is 5.94. The molecule has 3 aromatic carbocycles. The van der Waals surface area contributed by atoms with Crippen molar-refractivity contribution in [3.63, 3.8) is 0 Å². The number of hydrogen-bond acceptors (Lipinski definition) is 4. The van der Waals surface area contributed by atoms with E-state index in [0.717, 1.165) is 31.1 Å². The number of nitrogens with two attached hydrogens (primary N) is 1. The van der Waals surface area contributed by atoms with Crippen molar-refractivity contribution >= 4 is 0 Å². The molecule has 4 nitrogen and oxygen atoms in total. The van der Waals surface area contributed by atoms with Crippen LogP contribution < -0.4 is 15.2 Å². The minimum atomic E-state index is 0.294. The quantitative estimate of drug-likeness (QED) is 0.647. The van der Waals surface area contributed by atoms with Gasteiger partial charge in [-0.15, -0.1) is 0 Å². The van der Waals surface area contributed by atoms with Crippen LogP contribution in [-0.2, 0) is 6.54 Å². The van der Waals surface area contributed by atoms with Gasteiger partial charge in [-0.2, -0.15) is 0 Å². The van der Waals surface area contributed by atoms with Gasteiger partial charge in [-0.25, -0.2) is 0 Å². The summed E-state index contributed by atoms with van der Waals surface area (Å²) in [5, 5.41) is 0. The zero-order valence-electron chi connectivity index (χ0n) is 16.0. The maximum atomic E-state index is 5.94. The smallest absolute Gasteiger partial charge is 0.231 e. The summed E-state index contributed by atoms with van der Waals surface area (Å²) in [5.41, 5.74) is 9.79. The number of ether oxygens (including phenoxy) is 2. The van der Waals surface area contributed by atoms with Crippen molar-refractivity contribution in [3.05, 3.63) is 95.6 Å². The van der Waals surface area contributed by atoms with Crippen molar-refractivity contribution in [1.29, 1.82) is 0 Å². The molecule has 1 aliphatic heterocycles. The van der Waals surface area contributed by atoms with Gasteiger partial charge in [0.2, 0.25) is 6.79 Å². The summed E-state index contributed by atoms with van der Waals surface area (Å²) in [5.74, 6) is 1.94. The molecule has 0 spiro atoms. The van der Waals surface area contributed by atoms with Crippen LogP contribution in [0, 0.1) is 0 Å². The Morgan fingerprint density at radius 3 is 2.11 bits per heavy atom. The predicted octanol–water partition coefficient (Wildman–Crippen LogP) is 4.01. The summed E-state index contributed by atoms with van der Waals surface area (Å²) in [6.45, 7) is 3.49. The number of hydrogen-bond donors (Lipinski definition) is 1. The van der Waals surface area contributed by atoms with E-state index in [4.69, 9.17) is 15.2 Å². The Morgan fingerprint density at radius 2 is 1.46 bits per heavy atom. The van der Waals surface area contributed by atoms with Gasteiger partial charge < -0.3 is 15.2 Å². The van der Waals surface area contributed by atoms with E-state index in [0.29, 0.717) is 19.3 Å². The van der Waals surface area contributed by atoms with Crippen LogP contribution in [0.3, 0.4) is 0 Å². The molecule has 0 fully saturated rings. The zero-order chi connectivity index (χ0) is 19.2. The van der Waals surface area contributed by atoms with Crippen LogP contribution in [-0.4, -0.2) is 31.3 Å². The molecule has 1 heterocycles. The molecule has 0 bridgehead atoms. The SMILES string of the molecule is NCCN(Cc1ccc2c(c1)OCO2)CC(c1ccccc1)c1ccccc1. The Bertz CT molecular complexity index is 844. The predicted molar refractivity (Wildman–Crippen MR) is 112 cm³/mol. The molecule has 0 radical (unpaired) electrons. The van der Waals surface area contributed by atoms with Crippen molar-refractivity contribution in [3.8, 4) is 11.5 Å². The van der Waals surface area contributed by atoms with Gasteiger partial charge in [0.05, 0.1) is 0 Å². The van der Waals surface area contributed by atoms with Crippen molar-refractivity contribution in [2.45, 2.75) is 12.5 Å². The summed E-state index contributed by atoms with van der Waals surface area (Å²) in [4.78, 5) is 2.42. The van der Waals surface area contributed by atoms with E-state index in [1.54, 1.807) is 0 Å². The first-order valence-corrected chi connectivity index (χ1v) is 9.74. The highest BCUT2D eigenvalue weighted by Crippen LogP contribution is 2.33. The third-order valence-corrected chi connectivity index (χ3v) is 5.13. The summed E-state index contributed by atoms with van der Waals surface area (Å²) >= 11 is 0. The molecule has 0 aliphatic carbocycles. The molecule has 3 aromatic rings. The van der Waals surface area contributed by atoms with E-state index in [-0.39, 0.29) is 0 Å². The Kier molecular flexibility index (Phi) is 5.90. The second-order valence-electron chi connectivity index (χ2n) is 7.09. The lowest BCUT2D eigenvalue weighted by atomic mass is 9.90. The third-order valence-electron chi connectivity index (χ3n) is 5.13. The highest BCUT2D eigenvalue weighted by molar-refractivity contribution is 5.44. The van der Waals surface area contributed by atoms with Gasteiger partial charge in [-0.3, -0.25) is 4.90 Å². The fourth-order valence-corrected chi connectivity index (χ4v) is 3.75. The average molecular weight is 374 g/mol. The van der Waals surface area contributed by atoms with Crippen LogP contribution in [0.2, 0.25) is 0 Å². The van der Waals surface area contributed by atoms with Gasteiger partial charge in [0, 0.05) is 32.1 Å². The lowest BCUT2D eigenvalue weighted by Gasteiger charge is -2.28. The molecule has 0 saturated heterocycles. The van der Waals surface area contributed by atoms with Gasteiger partial charge in [0.15, 0.2) is 11.5 Å². The second kappa shape index (κ2) is 8.91. The van der Waals surface area contributed by atoms with Crippen molar-refractivity contribution < 1.29 is 9.47 Å². The van der Waals surface area contributed by atoms with Crippen molar-refractivity contribution in [2.75, 3.05) is 26.4 Å². The minimum Gasteiger partial charge on any atom is -0.454 e. The normalized spacial score (nSPS) is 12.7. The molecular formula is C24H26N2O2. The minimum absolute atomic E-state index is 0.294.